The van der Waals surface area contributed by atoms with E-state index in [1.54, 1.807) is 0 Å². The first-order valence-electron chi connectivity index (χ1n) is 9.74. The smallest absolute Gasteiger partial charge is 0.409 e. The fourth-order valence-electron chi connectivity index (χ4n) is 3.42. The summed E-state index contributed by atoms with van der Waals surface area (Å²) in [6.07, 6.45) is -5.61. The molecule has 14 heteroatoms. The average molecular weight is 510 g/mol. The van der Waals surface area contributed by atoms with Gasteiger partial charge in [-0.3, -0.25) is 4.79 Å². The number of nitrogens with two attached hydrogens (primary N) is 1. The predicted octanol–water partition coefficient (Wildman–Crippen LogP) is 4.72. The van der Waals surface area contributed by atoms with Crippen LogP contribution in [0.1, 0.15) is 35.0 Å². The molecule has 1 aliphatic heterocycles. The van der Waals surface area contributed by atoms with E-state index in [-0.39, 0.29) is 24.3 Å². The Labute approximate surface area is 194 Å². The van der Waals surface area contributed by atoms with E-state index < -0.39 is 64.1 Å². The largest absolute Gasteiger partial charge is 0.434 e. The van der Waals surface area contributed by atoms with Gasteiger partial charge in [-0.05, 0) is 24.3 Å². The quantitative estimate of drug-likeness (QED) is 0.182. The molecular weight excluding hydrogens is 492 g/mol. The molecule has 1 amide bonds. The van der Waals surface area contributed by atoms with E-state index in [2.05, 4.69) is 15.5 Å². The lowest BCUT2D eigenvalue weighted by Gasteiger charge is -2.38. The molecule has 3 rings (SSSR count). The van der Waals surface area contributed by atoms with Gasteiger partial charge in [0.25, 0.3) is 11.8 Å². The lowest BCUT2D eigenvalue weighted by atomic mass is 9.95. The maximum absolute atomic E-state index is 13.9. The molecule has 1 unspecified atom stereocenters. The van der Waals surface area contributed by atoms with Gasteiger partial charge >= 0.3 is 6.18 Å². The standard InChI is InChI=1S/C20H18ClF6N5O2/c1-9-8-32(5-4-19(9,23)24)17-12(7-13(21)15(30-17)20(25,26)27)18(33)29-10-2-3-14(22)11(6-10)16(28)31-34/h2-3,6-7,9,34H,4-5,8H2,1H3,(H2,28,31)(H,29,33). The van der Waals surface area contributed by atoms with Crippen molar-refractivity contribution < 1.29 is 36.3 Å². The number of anilines is 2. The van der Waals surface area contributed by atoms with Gasteiger partial charge in [0.15, 0.2) is 11.5 Å². The maximum atomic E-state index is 13.9. The molecule has 184 valence electrons. The third kappa shape index (κ3) is 5.13. The first kappa shape index (κ1) is 25.4. The molecule has 2 heterocycles. The molecular formula is C20H18ClF6N5O2. The molecule has 1 aromatic carbocycles. The highest BCUT2D eigenvalue weighted by molar-refractivity contribution is 6.32. The van der Waals surface area contributed by atoms with E-state index in [0.717, 1.165) is 29.2 Å². The van der Waals surface area contributed by atoms with Gasteiger partial charge in [-0.2, -0.15) is 13.2 Å². The van der Waals surface area contributed by atoms with Crippen LogP contribution in [0.2, 0.25) is 5.02 Å². The zero-order valence-corrected chi connectivity index (χ0v) is 18.2. The van der Waals surface area contributed by atoms with Crippen LogP contribution in [0.4, 0.5) is 37.8 Å². The summed E-state index contributed by atoms with van der Waals surface area (Å²) >= 11 is 5.74. The van der Waals surface area contributed by atoms with E-state index in [1.807, 2.05) is 0 Å². The number of alkyl halides is 5. The van der Waals surface area contributed by atoms with Gasteiger partial charge in [0.1, 0.15) is 11.6 Å². The van der Waals surface area contributed by atoms with Crippen molar-refractivity contribution in [2.75, 3.05) is 23.3 Å². The summed E-state index contributed by atoms with van der Waals surface area (Å²) in [6, 6.07) is 3.82. The number of amides is 1. The average Bonchev–Trinajstić information content (AvgIpc) is 2.75. The Morgan fingerprint density at radius 1 is 1.32 bits per heavy atom. The number of rotatable bonds is 4. The van der Waals surface area contributed by atoms with Crippen molar-refractivity contribution in [3.8, 4) is 0 Å². The van der Waals surface area contributed by atoms with Crippen molar-refractivity contribution in [3.63, 3.8) is 0 Å². The summed E-state index contributed by atoms with van der Waals surface area (Å²) in [5.41, 5.74) is 3.10. The zero-order valence-electron chi connectivity index (χ0n) is 17.4. The normalized spacial score (nSPS) is 18.6. The number of carbonyl (C=O) groups is 1. The molecule has 1 aromatic heterocycles. The summed E-state index contributed by atoms with van der Waals surface area (Å²) < 4.78 is 82.0. The molecule has 7 nitrogen and oxygen atoms in total. The molecule has 0 bridgehead atoms. The Kier molecular flexibility index (Phi) is 6.87. The fourth-order valence-corrected chi connectivity index (χ4v) is 3.67. The number of aromatic nitrogens is 1. The minimum absolute atomic E-state index is 0.0477. The summed E-state index contributed by atoms with van der Waals surface area (Å²) in [4.78, 5) is 17.6. The number of nitrogens with zero attached hydrogens (tertiary/aromatic N) is 3. The number of pyridine rings is 1. The van der Waals surface area contributed by atoms with Crippen LogP contribution in [0.3, 0.4) is 0 Å². The molecule has 0 saturated carbocycles. The third-order valence-electron chi connectivity index (χ3n) is 5.31. The highest BCUT2D eigenvalue weighted by Crippen LogP contribution is 2.39. The molecule has 1 aliphatic rings. The van der Waals surface area contributed by atoms with Crippen LogP contribution in [-0.2, 0) is 6.18 Å². The van der Waals surface area contributed by atoms with Crippen LogP contribution in [0.25, 0.3) is 0 Å². The molecule has 0 spiro atoms. The van der Waals surface area contributed by atoms with Gasteiger partial charge in [0.05, 0.1) is 16.1 Å². The molecule has 1 saturated heterocycles. The Hall–Kier alpha value is -3.22. The molecule has 0 aliphatic carbocycles. The number of oxime groups is 1. The van der Waals surface area contributed by atoms with Crippen molar-refractivity contribution in [1.29, 1.82) is 0 Å². The van der Waals surface area contributed by atoms with Crippen LogP contribution in [0, 0.1) is 11.7 Å². The van der Waals surface area contributed by atoms with Gasteiger partial charge in [0.2, 0.25) is 0 Å². The number of amidine groups is 1. The van der Waals surface area contributed by atoms with E-state index >= 15 is 0 Å². The second kappa shape index (κ2) is 9.20. The topological polar surface area (TPSA) is 104 Å². The predicted molar refractivity (Wildman–Crippen MR) is 112 cm³/mol. The van der Waals surface area contributed by atoms with Gasteiger partial charge in [0, 0.05) is 31.1 Å². The number of halogens is 7. The second-order valence-electron chi connectivity index (χ2n) is 7.68. The number of piperidine rings is 1. The highest BCUT2D eigenvalue weighted by Gasteiger charge is 2.43. The lowest BCUT2D eigenvalue weighted by Crippen LogP contribution is -2.47. The summed E-state index contributed by atoms with van der Waals surface area (Å²) in [5.74, 6) is -7.16. The molecule has 4 N–H and O–H groups in total. The fraction of sp³-hybridized carbons (Fsp3) is 0.350. The first-order chi connectivity index (χ1) is 15.7. The van der Waals surface area contributed by atoms with Crippen molar-refractivity contribution in [1.82, 2.24) is 4.98 Å². The minimum Gasteiger partial charge on any atom is -0.409 e. The van der Waals surface area contributed by atoms with Gasteiger partial charge in [-0.15, -0.1) is 0 Å². The maximum Gasteiger partial charge on any atom is 0.434 e. The molecule has 34 heavy (non-hydrogen) atoms. The first-order valence-corrected chi connectivity index (χ1v) is 10.1. The van der Waals surface area contributed by atoms with Crippen molar-refractivity contribution in [2.45, 2.75) is 25.4 Å². The Morgan fingerprint density at radius 2 is 2.00 bits per heavy atom. The summed E-state index contributed by atoms with van der Waals surface area (Å²) in [7, 11) is 0. The lowest BCUT2D eigenvalue weighted by molar-refractivity contribution is -0.141. The number of hydrogen-bond donors (Lipinski definition) is 3. The van der Waals surface area contributed by atoms with Crippen molar-refractivity contribution in [2.24, 2.45) is 16.8 Å². The van der Waals surface area contributed by atoms with Gasteiger partial charge < -0.3 is 21.2 Å². The van der Waals surface area contributed by atoms with Crippen LogP contribution >= 0.6 is 11.6 Å². The van der Waals surface area contributed by atoms with Crippen LogP contribution in [0.5, 0.6) is 0 Å². The number of hydrogen-bond acceptors (Lipinski definition) is 5. The monoisotopic (exact) mass is 509 g/mol. The molecule has 1 atom stereocenters. The van der Waals surface area contributed by atoms with Crippen LogP contribution in [0.15, 0.2) is 29.4 Å². The van der Waals surface area contributed by atoms with E-state index in [0.29, 0.717) is 0 Å². The summed E-state index contributed by atoms with van der Waals surface area (Å²) in [6.45, 7) is 0.525. The van der Waals surface area contributed by atoms with Crippen molar-refractivity contribution in [3.05, 3.63) is 51.9 Å². The highest BCUT2D eigenvalue weighted by atomic mass is 35.5. The SMILES string of the molecule is CC1CN(c2nc(C(F)(F)F)c(Cl)cc2C(=O)Nc2ccc(F)c(C(N)=NO)c2)CCC1(F)F. The minimum atomic E-state index is -4.96. The number of nitrogens with one attached hydrogen (secondary N) is 1. The Balaban J connectivity index is 2.03. The third-order valence-corrected chi connectivity index (χ3v) is 5.59. The van der Waals surface area contributed by atoms with E-state index in [1.165, 1.54) is 6.92 Å². The summed E-state index contributed by atoms with van der Waals surface area (Å²) in [5, 5.41) is 12.9. The number of carbonyl (C=O) groups excluding carboxylic acids is 1. The Morgan fingerprint density at radius 3 is 2.59 bits per heavy atom. The molecule has 0 radical (unpaired) electrons. The van der Waals surface area contributed by atoms with Crippen LogP contribution in [-0.4, -0.2) is 40.9 Å². The van der Waals surface area contributed by atoms with Crippen LogP contribution < -0.4 is 16.0 Å². The van der Waals surface area contributed by atoms with Gasteiger partial charge in [-0.25, -0.2) is 18.2 Å². The van der Waals surface area contributed by atoms with E-state index in [9.17, 15) is 31.1 Å². The zero-order chi connectivity index (χ0) is 25.4. The second-order valence-corrected chi connectivity index (χ2v) is 8.09. The molecule has 2 aromatic rings. The van der Waals surface area contributed by atoms with E-state index in [4.69, 9.17) is 22.5 Å². The molecule has 1 fully saturated rings. The van der Waals surface area contributed by atoms with Gasteiger partial charge in [-0.1, -0.05) is 23.7 Å². The number of benzene rings is 1. The van der Waals surface area contributed by atoms with Crippen molar-refractivity contribution >= 4 is 34.8 Å². The Bertz CT molecular complexity index is 1140.